The van der Waals surface area contributed by atoms with Gasteiger partial charge in [0.2, 0.25) is 5.91 Å². The standard InChI is InChI=1S/C23H18F2N4OS/c1-28(20-10-6-5-9-19(20)25)21(30)15-31-23-27-26-22(16-11-13-17(24)14-12-16)29(23)18-7-3-2-4-8-18/h2-14H,15H2,1H3. The number of amides is 1. The number of thioether (sulfide) groups is 1. The molecule has 0 aliphatic rings. The quantitative estimate of drug-likeness (QED) is 0.401. The molecule has 0 bridgehead atoms. The molecular weight excluding hydrogens is 418 g/mol. The molecule has 156 valence electrons. The van der Waals surface area contributed by atoms with Crippen molar-refractivity contribution in [2.24, 2.45) is 0 Å². The minimum atomic E-state index is -0.464. The zero-order valence-electron chi connectivity index (χ0n) is 16.6. The summed E-state index contributed by atoms with van der Waals surface area (Å²) in [4.78, 5) is 14.0. The predicted octanol–water partition coefficient (Wildman–Crippen LogP) is 4.97. The van der Waals surface area contributed by atoms with E-state index in [0.717, 1.165) is 5.69 Å². The van der Waals surface area contributed by atoms with E-state index in [9.17, 15) is 13.6 Å². The van der Waals surface area contributed by atoms with Crippen molar-refractivity contribution >= 4 is 23.4 Å². The second-order valence-corrected chi connectivity index (χ2v) is 7.62. The predicted molar refractivity (Wildman–Crippen MR) is 117 cm³/mol. The third-order valence-corrected chi connectivity index (χ3v) is 5.58. The number of anilines is 1. The minimum absolute atomic E-state index is 0.0409. The molecule has 1 heterocycles. The van der Waals surface area contributed by atoms with Gasteiger partial charge in [0.1, 0.15) is 11.6 Å². The van der Waals surface area contributed by atoms with E-state index in [0.29, 0.717) is 16.5 Å². The molecular formula is C23H18F2N4OS. The van der Waals surface area contributed by atoms with E-state index in [2.05, 4.69) is 10.2 Å². The second kappa shape index (κ2) is 9.09. The maximum absolute atomic E-state index is 14.0. The summed E-state index contributed by atoms with van der Waals surface area (Å²) >= 11 is 1.20. The van der Waals surface area contributed by atoms with Gasteiger partial charge in [0.05, 0.1) is 11.4 Å². The Labute approximate surface area is 182 Å². The second-order valence-electron chi connectivity index (χ2n) is 6.68. The molecule has 0 N–H and O–H groups in total. The molecule has 0 unspecified atom stereocenters. The Balaban J connectivity index is 1.62. The van der Waals surface area contributed by atoms with Crippen molar-refractivity contribution in [2.75, 3.05) is 17.7 Å². The van der Waals surface area contributed by atoms with Crippen LogP contribution in [0, 0.1) is 11.6 Å². The molecule has 0 saturated carbocycles. The van der Waals surface area contributed by atoms with E-state index in [-0.39, 0.29) is 23.2 Å². The van der Waals surface area contributed by atoms with Crippen LogP contribution in [0.4, 0.5) is 14.5 Å². The smallest absolute Gasteiger partial charge is 0.237 e. The van der Waals surface area contributed by atoms with E-state index in [4.69, 9.17) is 0 Å². The molecule has 0 atom stereocenters. The lowest BCUT2D eigenvalue weighted by molar-refractivity contribution is -0.115. The molecule has 3 aromatic carbocycles. The lowest BCUT2D eigenvalue weighted by Gasteiger charge is -2.17. The first-order valence-electron chi connectivity index (χ1n) is 9.45. The summed E-state index contributed by atoms with van der Waals surface area (Å²) < 4.78 is 29.2. The molecule has 0 fully saturated rings. The Bertz CT molecular complexity index is 1200. The Hall–Kier alpha value is -3.52. The molecule has 1 amide bonds. The maximum atomic E-state index is 14.0. The van der Waals surface area contributed by atoms with E-state index in [1.807, 2.05) is 34.9 Å². The average Bonchev–Trinajstić information content (AvgIpc) is 3.22. The van der Waals surface area contributed by atoms with Crippen LogP contribution in [0.15, 0.2) is 84.0 Å². The van der Waals surface area contributed by atoms with Crippen LogP contribution in [-0.4, -0.2) is 33.5 Å². The van der Waals surface area contributed by atoms with E-state index in [1.54, 1.807) is 30.3 Å². The Kier molecular flexibility index (Phi) is 6.08. The van der Waals surface area contributed by atoms with E-state index < -0.39 is 5.82 Å². The number of carbonyl (C=O) groups excluding carboxylic acids is 1. The first kappa shape index (κ1) is 20.7. The largest absolute Gasteiger partial charge is 0.312 e. The van der Waals surface area contributed by atoms with Gasteiger partial charge < -0.3 is 4.90 Å². The fraction of sp³-hybridized carbons (Fsp3) is 0.0870. The van der Waals surface area contributed by atoms with Crippen LogP contribution in [0.25, 0.3) is 17.1 Å². The zero-order chi connectivity index (χ0) is 21.8. The van der Waals surface area contributed by atoms with Crippen LogP contribution >= 0.6 is 11.8 Å². The summed E-state index contributed by atoms with van der Waals surface area (Å²) in [6.07, 6.45) is 0. The molecule has 4 aromatic rings. The summed E-state index contributed by atoms with van der Waals surface area (Å²) in [5.74, 6) is -0.510. The van der Waals surface area contributed by atoms with Gasteiger partial charge in [-0.3, -0.25) is 9.36 Å². The van der Waals surface area contributed by atoms with Gasteiger partial charge in [-0.05, 0) is 48.5 Å². The van der Waals surface area contributed by atoms with Gasteiger partial charge in [-0.2, -0.15) is 0 Å². The van der Waals surface area contributed by atoms with Gasteiger partial charge in [0.15, 0.2) is 11.0 Å². The number of hydrogen-bond acceptors (Lipinski definition) is 4. The molecule has 0 aliphatic carbocycles. The number of nitrogens with zero attached hydrogens (tertiary/aromatic N) is 4. The molecule has 5 nitrogen and oxygen atoms in total. The van der Waals surface area contributed by atoms with Gasteiger partial charge in [-0.25, -0.2) is 8.78 Å². The van der Waals surface area contributed by atoms with Crippen molar-refractivity contribution in [2.45, 2.75) is 5.16 Å². The molecule has 8 heteroatoms. The first-order chi connectivity index (χ1) is 15.0. The Morgan fingerprint density at radius 3 is 2.32 bits per heavy atom. The molecule has 0 saturated heterocycles. The Morgan fingerprint density at radius 2 is 1.61 bits per heavy atom. The lowest BCUT2D eigenvalue weighted by atomic mass is 10.2. The highest BCUT2D eigenvalue weighted by Crippen LogP contribution is 2.28. The Morgan fingerprint density at radius 1 is 0.935 bits per heavy atom. The van der Waals surface area contributed by atoms with Crippen LogP contribution in [0.3, 0.4) is 0 Å². The fourth-order valence-electron chi connectivity index (χ4n) is 3.04. The topological polar surface area (TPSA) is 51.0 Å². The van der Waals surface area contributed by atoms with E-state index in [1.165, 1.54) is 41.9 Å². The summed E-state index contributed by atoms with van der Waals surface area (Å²) in [6.45, 7) is 0. The number of benzene rings is 3. The highest BCUT2D eigenvalue weighted by molar-refractivity contribution is 7.99. The number of para-hydroxylation sites is 2. The molecule has 1 aromatic heterocycles. The highest BCUT2D eigenvalue weighted by atomic mass is 32.2. The average molecular weight is 436 g/mol. The SMILES string of the molecule is CN(C(=O)CSc1nnc(-c2ccc(F)cc2)n1-c1ccccc1)c1ccccc1F. The number of carbonyl (C=O) groups is 1. The van der Waals surface area contributed by atoms with Crippen molar-refractivity contribution in [1.29, 1.82) is 0 Å². The van der Waals surface area contributed by atoms with Crippen LogP contribution < -0.4 is 4.90 Å². The third kappa shape index (κ3) is 4.49. The van der Waals surface area contributed by atoms with Crippen LogP contribution in [0.1, 0.15) is 0 Å². The first-order valence-corrected chi connectivity index (χ1v) is 10.4. The summed E-state index contributed by atoms with van der Waals surface area (Å²) in [5, 5.41) is 9.02. The van der Waals surface area contributed by atoms with Crippen LogP contribution in [0.5, 0.6) is 0 Å². The zero-order valence-corrected chi connectivity index (χ0v) is 17.4. The van der Waals surface area contributed by atoms with Crippen molar-refractivity contribution in [3.63, 3.8) is 0 Å². The normalized spacial score (nSPS) is 10.8. The van der Waals surface area contributed by atoms with Gasteiger partial charge >= 0.3 is 0 Å². The minimum Gasteiger partial charge on any atom is -0.312 e. The van der Waals surface area contributed by atoms with Crippen molar-refractivity contribution in [3.8, 4) is 17.1 Å². The number of rotatable bonds is 6. The molecule has 31 heavy (non-hydrogen) atoms. The van der Waals surface area contributed by atoms with Crippen molar-refractivity contribution < 1.29 is 13.6 Å². The van der Waals surface area contributed by atoms with E-state index >= 15 is 0 Å². The highest BCUT2D eigenvalue weighted by Gasteiger charge is 2.20. The molecule has 0 aliphatic heterocycles. The number of aromatic nitrogens is 3. The third-order valence-electron chi connectivity index (χ3n) is 4.66. The molecule has 0 spiro atoms. The van der Waals surface area contributed by atoms with Gasteiger partial charge in [0, 0.05) is 18.3 Å². The van der Waals surface area contributed by atoms with Crippen molar-refractivity contribution in [1.82, 2.24) is 14.8 Å². The summed E-state index contributed by atoms with van der Waals surface area (Å²) in [6, 6.07) is 21.6. The van der Waals surface area contributed by atoms with Crippen LogP contribution in [-0.2, 0) is 4.79 Å². The summed E-state index contributed by atoms with van der Waals surface area (Å²) in [7, 11) is 1.53. The van der Waals surface area contributed by atoms with Gasteiger partial charge in [-0.1, -0.05) is 42.1 Å². The van der Waals surface area contributed by atoms with Gasteiger partial charge in [0.25, 0.3) is 0 Å². The number of hydrogen-bond donors (Lipinski definition) is 0. The molecule has 0 radical (unpaired) electrons. The number of halogens is 2. The summed E-state index contributed by atoms with van der Waals surface area (Å²) in [5.41, 5.74) is 1.72. The van der Waals surface area contributed by atoms with Crippen molar-refractivity contribution in [3.05, 3.63) is 90.5 Å². The fourth-order valence-corrected chi connectivity index (χ4v) is 3.91. The van der Waals surface area contributed by atoms with Crippen LogP contribution in [0.2, 0.25) is 0 Å². The lowest BCUT2D eigenvalue weighted by Crippen LogP contribution is -2.28. The molecule has 4 rings (SSSR count). The maximum Gasteiger partial charge on any atom is 0.237 e. The van der Waals surface area contributed by atoms with Gasteiger partial charge in [-0.15, -0.1) is 10.2 Å². The monoisotopic (exact) mass is 436 g/mol.